The molecule has 0 bridgehead atoms. The van der Waals surface area contributed by atoms with Gasteiger partial charge in [-0.05, 0) is 6.42 Å². The van der Waals surface area contributed by atoms with Crippen LogP contribution >= 0.6 is 0 Å². The molecule has 1 aromatic heterocycles. The fraction of sp³-hybridized carbons (Fsp3) is 0.571. The molecule has 66 valence electrons. The first-order chi connectivity index (χ1) is 5.66. The van der Waals surface area contributed by atoms with Crippen molar-refractivity contribution in [1.29, 1.82) is 0 Å². The van der Waals surface area contributed by atoms with Gasteiger partial charge in [-0.25, -0.2) is 4.68 Å². The van der Waals surface area contributed by atoms with Crippen LogP contribution in [-0.2, 0) is 7.05 Å². The lowest BCUT2D eigenvalue weighted by molar-refractivity contribution is 0.0730. The zero-order chi connectivity index (χ0) is 9.14. The summed E-state index contributed by atoms with van der Waals surface area (Å²) in [6, 6.07) is 0. The topological polar surface area (TPSA) is 68.0 Å². The van der Waals surface area contributed by atoms with Crippen LogP contribution < -0.4 is 0 Å². The van der Waals surface area contributed by atoms with E-state index in [0.717, 1.165) is 0 Å². The van der Waals surface area contributed by atoms with Gasteiger partial charge in [0.15, 0.2) is 0 Å². The molecule has 1 unspecified atom stereocenters. The Morgan fingerprint density at radius 1 is 1.83 bits per heavy atom. The minimum Gasteiger partial charge on any atom is -0.385 e. The Morgan fingerprint density at radius 2 is 2.50 bits per heavy atom. The van der Waals surface area contributed by atoms with Gasteiger partial charge >= 0.3 is 0 Å². The van der Waals surface area contributed by atoms with Crippen LogP contribution in [0.3, 0.4) is 0 Å². The van der Waals surface area contributed by atoms with Crippen LogP contribution in [0.4, 0.5) is 0 Å². The second kappa shape index (κ2) is 3.44. The molecule has 0 aliphatic heterocycles. The van der Waals surface area contributed by atoms with Crippen molar-refractivity contribution in [2.75, 3.05) is 0 Å². The van der Waals surface area contributed by atoms with Crippen LogP contribution in [0.15, 0.2) is 6.20 Å². The lowest BCUT2D eigenvalue weighted by Crippen LogP contribution is -2.21. The first-order valence-electron chi connectivity index (χ1n) is 3.73. The molecule has 0 saturated carbocycles. The molecule has 0 aromatic carbocycles. The first-order valence-corrected chi connectivity index (χ1v) is 3.73. The number of aliphatic hydroxyl groups excluding tert-OH is 1. The molecule has 0 saturated heterocycles. The summed E-state index contributed by atoms with van der Waals surface area (Å²) in [6.07, 6.45) is 0.813. The first kappa shape index (κ1) is 8.86. The Morgan fingerprint density at radius 3 is 2.92 bits per heavy atom. The summed E-state index contributed by atoms with van der Waals surface area (Å²) < 4.78 is 1.35. The van der Waals surface area contributed by atoms with Gasteiger partial charge in [-0.15, -0.1) is 5.10 Å². The van der Waals surface area contributed by atoms with E-state index in [0.29, 0.717) is 12.1 Å². The highest BCUT2D eigenvalue weighted by atomic mass is 16.3. The van der Waals surface area contributed by atoms with Gasteiger partial charge in [0.2, 0.25) is 5.78 Å². The molecule has 0 amide bonds. The highest BCUT2D eigenvalue weighted by molar-refractivity contribution is 5.97. The molecule has 1 rings (SSSR count). The van der Waals surface area contributed by atoms with E-state index < -0.39 is 6.10 Å². The molecule has 5 nitrogen and oxygen atoms in total. The number of carbonyl (C=O) groups is 1. The fourth-order valence-electron chi connectivity index (χ4n) is 0.869. The number of aryl methyl sites for hydroxylation is 1. The predicted molar refractivity (Wildman–Crippen MR) is 41.6 cm³/mol. The Hall–Kier alpha value is -1.23. The predicted octanol–water partition coefficient (Wildman–Crippen LogP) is -0.231. The normalized spacial score (nSPS) is 12.9. The Balaban J connectivity index is 2.85. The monoisotopic (exact) mass is 169 g/mol. The number of carbonyl (C=O) groups excluding carboxylic acids is 1. The summed E-state index contributed by atoms with van der Waals surface area (Å²) in [7, 11) is 1.61. The Kier molecular flexibility index (Phi) is 2.54. The number of Topliss-reactive ketones (excluding diaryl/α,β-unsaturated/α-hetero) is 1. The maximum Gasteiger partial charge on any atom is 0.210 e. The zero-order valence-electron chi connectivity index (χ0n) is 7.06. The van der Waals surface area contributed by atoms with Crippen LogP contribution in [0.2, 0.25) is 0 Å². The molecule has 12 heavy (non-hydrogen) atoms. The van der Waals surface area contributed by atoms with Crippen molar-refractivity contribution in [2.24, 2.45) is 7.05 Å². The quantitative estimate of drug-likeness (QED) is 0.634. The van der Waals surface area contributed by atoms with Gasteiger partial charge < -0.3 is 5.11 Å². The van der Waals surface area contributed by atoms with Gasteiger partial charge in [0, 0.05) is 7.05 Å². The van der Waals surface area contributed by atoms with Crippen molar-refractivity contribution in [2.45, 2.75) is 19.4 Å². The second-order valence-electron chi connectivity index (χ2n) is 2.53. The van der Waals surface area contributed by atoms with Gasteiger partial charge in [0.05, 0.1) is 6.20 Å². The maximum atomic E-state index is 11.3. The average Bonchev–Trinajstić information content (AvgIpc) is 2.48. The highest BCUT2D eigenvalue weighted by Crippen LogP contribution is 2.02. The summed E-state index contributed by atoms with van der Waals surface area (Å²) >= 11 is 0. The van der Waals surface area contributed by atoms with Gasteiger partial charge in [-0.3, -0.25) is 4.79 Å². The number of ketones is 1. The van der Waals surface area contributed by atoms with E-state index in [-0.39, 0.29) is 5.78 Å². The average molecular weight is 169 g/mol. The summed E-state index contributed by atoms with van der Waals surface area (Å²) in [4.78, 5) is 11.3. The molecule has 0 spiro atoms. The third-order valence-electron chi connectivity index (χ3n) is 1.66. The molecule has 5 heteroatoms. The standard InChI is InChI=1S/C7H11N3O2/c1-3-6(11)7(12)5-4-8-9-10(5)2/h4,6,11H,3H2,1-2H3. The molecule has 1 atom stereocenters. The van der Waals surface area contributed by atoms with Gasteiger partial charge in [-0.2, -0.15) is 0 Å². The van der Waals surface area contributed by atoms with E-state index in [1.807, 2.05) is 0 Å². The van der Waals surface area contributed by atoms with Crippen LogP contribution in [0.1, 0.15) is 23.8 Å². The Bertz CT molecular complexity index is 282. The van der Waals surface area contributed by atoms with Gasteiger partial charge in [-0.1, -0.05) is 12.1 Å². The summed E-state index contributed by atoms with van der Waals surface area (Å²) in [5.41, 5.74) is 0.337. The van der Waals surface area contributed by atoms with Gasteiger partial charge in [0.25, 0.3) is 0 Å². The highest BCUT2D eigenvalue weighted by Gasteiger charge is 2.18. The van der Waals surface area contributed by atoms with Crippen LogP contribution in [-0.4, -0.2) is 32.0 Å². The van der Waals surface area contributed by atoms with Crippen LogP contribution in [0.5, 0.6) is 0 Å². The molecule has 0 radical (unpaired) electrons. The van der Waals surface area contributed by atoms with Crippen LogP contribution in [0.25, 0.3) is 0 Å². The molecule has 0 aliphatic carbocycles. The van der Waals surface area contributed by atoms with E-state index in [9.17, 15) is 9.90 Å². The van der Waals surface area contributed by atoms with E-state index in [1.54, 1.807) is 14.0 Å². The zero-order valence-corrected chi connectivity index (χ0v) is 7.06. The summed E-state index contributed by atoms with van der Waals surface area (Å²) in [5, 5.41) is 16.3. The molecule has 0 fully saturated rings. The number of hydrogen-bond acceptors (Lipinski definition) is 4. The summed E-state index contributed by atoms with van der Waals surface area (Å²) in [6.45, 7) is 1.74. The van der Waals surface area contributed by atoms with E-state index >= 15 is 0 Å². The van der Waals surface area contributed by atoms with Crippen molar-refractivity contribution in [3.63, 3.8) is 0 Å². The maximum absolute atomic E-state index is 11.3. The second-order valence-corrected chi connectivity index (χ2v) is 2.53. The van der Waals surface area contributed by atoms with Crippen molar-refractivity contribution < 1.29 is 9.90 Å². The fourth-order valence-corrected chi connectivity index (χ4v) is 0.869. The van der Waals surface area contributed by atoms with Gasteiger partial charge in [0.1, 0.15) is 11.8 Å². The molecule has 1 aromatic rings. The number of nitrogens with zero attached hydrogens (tertiary/aromatic N) is 3. The third kappa shape index (κ3) is 1.50. The summed E-state index contributed by atoms with van der Waals surface area (Å²) in [5.74, 6) is -0.329. The molecular formula is C7H11N3O2. The van der Waals surface area contributed by atoms with Crippen molar-refractivity contribution >= 4 is 5.78 Å². The van der Waals surface area contributed by atoms with Crippen molar-refractivity contribution in [3.05, 3.63) is 11.9 Å². The SMILES string of the molecule is CCC(O)C(=O)c1cnnn1C. The number of aromatic nitrogens is 3. The number of hydrogen-bond donors (Lipinski definition) is 1. The minimum atomic E-state index is -0.942. The van der Waals surface area contributed by atoms with Crippen LogP contribution in [0, 0.1) is 0 Å². The Labute approximate surface area is 70.0 Å². The molecule has 1 N–H and O–H groups in total. The van der Waals surface area contributed by atoms with Crippen molar-refractivity contribution in [1.82, 2.24) is 15.0 Å². The minimum absolute atomic E-state index is 0.329. The largest absolute Gasteiger partial charge is 0.385 e. The molecule has 0 aliphatic rings. The van der Waals surface area contributed by atoms with Crippen molar-refractivity contribution in [3.8, 4) is 0 Å². The van der Waals surface area contributed by atoms with E-state index in [1.165, 1.54) is 10.9 Å². The van der Waals surface area contributed by atoms with E-state index in [2.05, 4.69) is 10.3 Å². The molecular weight excluding hydrogens is 158 g/mol. The lowest BCUT2D eigenvalue weighted by Gasteiger charge is -2.04. The smallest absolute Gasteiger partial charge is 0.210 e. The number of rotatable bonds is 3. The third-order valence-corrected chi connectivity index (χ3v) is 1.66. The lowest BCUT2D eigenvalue weighted by atomic mass is 10.1. The molecule has 1 heterocycles. The number of aliphatic hydroxyl groups is 1. The van der Waals surface area contributed by atoms with E-state index in [4.69, 9.17) is 0 Å².